The predicted octanol–water partition coefficient (Wildman–Crippen LogP) is 11.7. The van der Waals surface area contributed by atoms with Gasteiger partial charge in [0.05, 0.1) is 17.1 Å². The summed E-state index contributed by atoms with van der Waals surface area (Å²) in [6.07, 6.45) is 22.1. The van der Waals surface area contributed by atoms with Gasteiger partial charge in [-0.2, -0.15) is 0 Å². The summed E-state index contributed by atoms with van der Waals surface area (Å²) >= 11 is 1.80. The van der Waals surface area contributed by atoms with Gasteiger partial charge in [-0.3, -0.25) is 0 Å². The number of fused-ring (bicyclic) bond motifs is 10. The third-order valence-corrected chi connectivity index (χ3v) is 12.9. The molecule has 246 valence electrons. The van der Waals surface area contributed by atoms with Gasteiger partial charge < -0.3 is 14.8 Å². The zero-order chi connectivity index (χ0) is 33.9. The van der Waals surface area contributed by atoms with Crippen molar-refractivity contribution in [1.29, 1.82) is 0 Å². The average molecular weight is 677 g/mol. The normalized spacial score (nSPS) is 25.9. The molecule has 11 rings (SSSR count). The number of aromatic nitrogens is 1. The van der Waals surface area contributed by atoms with Gasteiger partial charge >= 0.3 is 0 Å². The first-order valence-corrected chi connectivity index (χ1v) is 18.8. The fourth-order valence-corrected chi connectivity index (χ4v) is 10.3. The molecule has 6 aromatic rings. The van der Waals surface area contributed by atoms with Gasteiger partial charge in [0, 0.05) is 43.1 Å². The van der Waals surface area contributed by atoms with Crippen LogP contribution in [-0.4, -0.2) is 21.3 Å². The first-order chi connectivity index (χ1) is 25.0. The van der Waals surface area contributed by atoms with Crippen molar-refractivity contribution >= 4 is 59.8 Å². The molecule has 0 radical (unpaired) electrons. The maximum Gasteiger partial charge on any atom is 0.137 e. The van der Waals surface area contributed by atoms with Crippen molar-refractivity contribution in [2.75, 3.05) is 5.32 Å². The van der Waals surface area contributed by atoms with E-state index in [9.17, 15) is 0 Å². The smallest absolute Gasteiger partial charge is 0.137 e. The molecule has 0 bridgehead atoms. The molecule has 1 fully saturated rings. The Morgan fingerprint density at radius 1 is 0.824 bits per heavy atom. The molecule has 4 heterocycles. The summed E-state index contributed by atoms with van der Waals surface area (Å²) in [6.45, 7) is 4.80. The number of aliphatic imine (C=N–C) groups is 1. The largest absolute Gasteiger partial charge is 0.361 e. The maximum atomic E-state index is 5.74. The van der Waals surface area contributed by atoms with Gasteiger partial charge in [0.25, 0.3) is 0 Å². The Bertz CT molecular complexity index is 2700. The lowest BCUT2D eigenvalue weighted by Gasteiger charge is -2.38. The summed E-state index contributed by atoms with van der Waals surface area (Å²) in [5.74, 6) is 1.04. The van der Waals surface area contributed by atoms with Gasteiger partial charge in [-0.25, -0.2) is 4.99 Å². The van der Waals surface area contributed by atoms with Crippen LogP contribution < -0.4 is 5.32 Å². The quantitative estimate of drug-likeness (QED) is 0.198. The number of benzene rings is 4. The molecule has 3 aliphatic carbocycles. The van der Waals surface area contributed by atoms with Gasteiger partial charge in [-0.15, -0.1) is 11.3 Å². The van der Waals surface area contributed by atoms with Gasteiger partial charge in [0.2, 0.25) is 0 Å². The molecule has 4 aromatic carbocycles. The minimum absolute atomic E-state index is 0.0230. The van der Waals surface area contributed by atoms with E-state index in [1.54, 1.807) is 11.3 Å². The highest BCUT2D eigenvalue weighted by Gasteiger charge is 2.54. The molecule has 1 saturated heterocycles. The second-order valence-electron chi connectivity index (χ2n) is 14.9. The number of nitrogens with one attached hydrogen (secondary N) is 1. The number of nitrogens with zero attached hydrogens (tertiary/aromatic N) is 3. The van der Waals surface area contributed by atoms with E-state index in [1.807, 2.05) is 0 Å². The monoisotopic (exact) mass is 676 g/mol. The van der Waals surface area contributed by atoms with Crippen molar-refractivity contribution in [2.24, 2.45) is 15.8 Å². The van der Waals surface area contributed by atoms with Crippen LogP contribution in [0.3, 0.4) is 0 Å². The molecule has 4 nitrogen and oxygen atoms in total. The molecule has 1 N–H and O–H groups in total. The lowest BCUT2D eigenvalue weighted by atomic mass is 9.67. The minimum atomic E-state index is -0.190. The molecule has 0 amide bonds. The fraction of sp³-hybridized carbons (Fsp3) is 0.152. The van der Waals surface area contributed by atoms with Gasteiger partial charge in [-0.1, -0.05) is 122 Å². The van der Waals surface area contributed by atoms with Crippen LogP contribution in [0.1, 0.15) is 31.9 Å². The number of anilines is 1. The van der Waals surface area contributed by atoms with Gasteiger partial charge in [-0.05, 0) is 66.5 Å². The molecule has 2 aromatic heterocycles. The Hall–Kier alpha value is -5.65. The zero-order valence-corrected chi connectivity index (χ0v) is 29.4. The Morgan fingerprint density at radius 3 is 2.53 bits per heavy atom. The predicted molar refractivity (Wildman–Crippen MR) is 214 cm³/mol. The number of hydrogen-bond acceptors (Lipinski definition) is 4. The van der Waals surface area contributed by atoms with Crippen molar-refractivity contribution in [3.8, 4) is 5.69 Å². The Balaban J connectivity index is 1.16. The summed E-state index contributed by atoms with van der Waals surface area (Å²) in [5, 5.41) is 8.90. The topological polar surface area (TPSA) is 32.6 Å². The third kappa shape index (κ3) is 4.04. The molecule has 0 spiro atoms. The van der Waals surface area contributed by atoms with E-state index in [0.29, 0.717) is 0 Å². The van der Waals surface area contributed by atoms with Crippen molar-refractivity contribution < 1.29 is 0 Å². The van der Waals surface area contributed by atoms with E-state index < -0.39 is 0 Å². The summed E-state index contributed by atoms with van der Waals surface area (Å²) in [5.41, 5.74) is 9.60. The van der Waals surface area contributed by atoms with E-state index in [2.05, 4.69) is 180 Å². The van der Waals surface area contributed by atoms with Crippen LogP contribution in [-0.2, 0) is 0 Å². The highest BCUT2D eigenvalue weighted by atomic mass is 32.1. The van der Waals surface area contributed by atoms with Gasteiger partial charge in [0.1, 0.15) is 22.6 Å². The summed E-state index contributed by atoms with van der Waals surface area (Å²) < 4.78 is 3.66. The first-order valence-electron chi connectivity index (χ1n) is 17.9. The average Bonchev–Trinajstić information content (AvgIpc) is 3.78. The number of likely N-dealkylation sites (tertiary alicyclic amines) is 1. The van der Waals surface area contributed by atoms with Crippen molar-refractivity contribution in [2.45, 2.75) is 32.4 Å². The third-order valence-electron chi connectivity index (χ3n) is 11.8. The summed E-state index contributed by atoms with van der Waals surface area (Å²) in [6, 6.07) is 35.1. The van der Waals surface area contributed by atoms with E-state index in [-0.39, 0.29) is 22.9 Å². The Kier molecular flexibility index (Phi) is 5.96. The Labute approximate surface area is 301 Å². The standard InChI is InChI=1S/C46H36N4S/c1-45-24-12-10-14-30(45)27-38-35(28-45)46(2)25-13-11-21-40(46)50(38)43-41(48-44-42(47-43)34-18-7-9-20-39(34)51-44)29-22-23-33-32-17-6-8-19-36(32)49(37(33)26-29)31-15-4-3-5-16-31/h3-23,25-28,40-41,48H,24H2,1-2H3. The molecular weight excluding hydrogens is 641 g/mol. The van der Waals surface area contributed by atoms with Crippen molar-refractivity contribution in [1.82, 2.24) is 9.47 Å². The Morgan fingerprint density at radius 2 is 1.63 bits per heavy atom. The second kappa shape index (κ2) is 10.4. The van der Waals surface area contributed by atoms with Crippen LogP contribution in [0, 0.1) is 10.8 Å². The van der Waals surface area contributed by atoms with E-state index >= 15 is 0 Å². The van der Waals surface area contributed by atoms with Crippen LogP contribution in [0.4, 0.5) is 10.7 Å². The number of thiophene rings is 1. The molecular formula is C46H36N4S. The fourth-order valence-electron chi connectivity index (χ4n) is 9.20. The molecule has 0 saturated carbocycles. The first kappa shape index (κ1) is 29.1. The highest BCUT2D eigenvalue weighted by Crippen LogP contribution is 2.58. The summed E-state index contributed by atoms with van der Waals surface area (Å²) in [7, 11) is 0. The van der Waals surface area contributed by atoms with Crippen LogP contribution in [0.25, 0.3) is 37.6 Å². The van der Waals surface area contributed by atoms with Crippen LogP contribution in [0.2, 0.25) is 0 Å². The lowest BCUT2D eigenvalue weighted by molar-refractivity contribution is 0.358. The number of amidine groups is 1. The van der Waals surface area contributed by atoms with Crippen molar-refractivity contribution in [3.63, 3.8) is 0 Å². The second-order valence-corrected chi connectivity index (χ2v) is 15.9. The van der Waals surface area contributed by atoms with E-state index in [0.717, 1.165) is 28.6 Å². The molecule has 51 heavy (non-hydrogen) atoms. The van der Waals surface area contributed by atoms with Crippen LogP contribution >= 0.6 is 11.3 Å². The molecule has 2 aliphatic heterocycles. The lowest BCUT2D eigenvalue weighted by Crippen LogP contribution is -2.44. The van der Waals surface area contributed by atoms with Crippen LogP contribution in [0.15, 0.2) is 174 Å². The molecule has 4 unspecified atom stereocenters. The molecule has 4 atom stereocenters. The van der Waals surface area contributed by atoms with E-state index in [1.165, 1.54) is 54.3 Å². The maximum absolute atomic E-state index is 5.74. The number of rotatable bonds is 2. The number of allylic oxidation sites excluding steroid dienone is 9. The van der Waals surface area contributed by atoms with E-state index in [4.69, 9.17) is 4.99 Å². The zero-order valence-electron chi connectivity index (χ0n) is 28.5. The molecule has 5 aliphatic rings. The number of para-hydroxylation sites is 2. The number of hydrogen-bond donors (Lipinski definition) is 1. The minimum Gasteiger partial charge on any atom is -0.361 e. The SMILES string of the molecule is CC12C=C3C(=CC1=CC=CC2)N(C1=Nc2c(sc4ccccc24)NC1c1ccc2c4ccccc4n(-c4ccccc4)c2c1)C1C=CC=CC31C. The van der Waals surface area contributed by atoms with Gasteiger partial charge in [0.15, 0.2) is 0 Å². The van der Waals surface area contributed by atoms with Crippen molar-refractivity contribution in [3.05, 3.63) is 174 Å². The highest BCUT2D eigenvalue weighted by molar-refractivity contribution is 7.23. The molecule has 5 heteroatoms. The summed E-state index contributed by atoms with van der Waals surface area (Å²) in [4.78, 5) is 8.30. The van der Waals surface area contributed by atoms with Crippen LogP contribution in [0.5, 0.6) is 0 Å².